The number of aromatic amines is 1. The number of nitrogens with one attached hydrogen (secondary N) is 1. The molecule has 0 aliphatic carbocycles. The van der Waals surface area contributed by atoms with E-state index < -0.39 is 9.84 Å². The molecular formula is C23H22N2O4S. The number of benzene rings is 2. The zero-order valence-electron chi connectivity index (χ0n) is 16.8. The molecule has 0 saturated heterocycles. The third-order valence-electron chi connectivity index (χ3n) is 5.06. The van der Waals surface area contributed by atoms with Gasteiger partial charge in [0.1, 0.15) is 11.3 Å². The maximum atomic E-state index is 12.3. The normalized spacial score (nSPS) is 11.7. The molecule has 4 aromatic rings. The van der Waals surface area contributed by atoms with Crippen LogP contribution in [-0.2, 0) is 23.3 Å². The fourth-order valence-corrected chi connectivity index (χ4v) is 4.23. The van der Waals surface area contributed by atoms with Crippen LogP contribution in [0.5, 0.6) is 5.75 Å². The van der Waals surface area contributed by atoms with Gasteiger partial charge in [-0.1, -0.05) is 30.3 Å². The smallest absolute Gasteiger partial charge is 0.272 e. The van der Waals surface area contributed by atoms with E-state index in [-0.39, 0.29) is 10.5 Å². The minimum atomic E-state index is -3.40. The molecule has 2 heterocycles. The van der Waals surface area contributed by atoms with E-state index in [0.29, 0.717) is 23.4 Å². The molecule has 6 nitrogen and oxygen atoms in total. The first-order valence-electron chi connectivity index (χ1n) is 9.52. The maximum absolute atomic E-state index is 12.3. The van der Waals surface area contributed by atoms with Crippen LogP contribution in [0.1, 0.15) is 5.56 Å². The third-order valence-corrected chi connectivity index (χ3v) is 6.17. The van der Waals surface area contributed by atoms with E-state index in [9.17, 15) is 13.2 Å². The van der Waals surface area contributed by atoms with Gasteiger partial charge in [-0.15, -0.1) is 0 Å². The van der Waals surface area contributed by atoms with Gasteiger partial charge in [-0.05, 0) is 29.8 Å². The van der Waals surface area contributed by atoms with Gasteiger partial charge in [-0.2, -0.15) is 0 Å². The van der Waals surface area contributed by atoms with Crippen molar-refractivity contribution in [1.82, 2.24) is 9.55 Å². The van der Waals surface area contributed by atoms with Gasteiger partial charge in [-0.25, -0.2) is 8.42 Å². The number of ether oxygens (including phenoxy) is 1. The average molecular weight is 423 g/mol. The van der Waals surface area contributed by atoms with Crippen LogP contribution in [0.3, 0.4) is 0 Å². The van der Waals surface area contributed by atoms with Crippen molar-refractivity contribution >= 4 is 20.7 Å². The quantitative estimate of drug-likeness (QED) is 0.515. The Hall–Kier alpha value is -3.32. The first-order chi connectivity index (χ1) is 14.3. The first kappa shape index (κ1) is 20.0. The number of hydrogen-bond acceptors (Lipinski definition) is 4. The van der Waals surface area contributed by atoms with Crippen molar-refractivity contribution in [2.45, 2.75) is 11.3 Å². The van der Waals surface area contributed by atoms with Crippen molar-refractivity contribution in [3.05, 3.63) is 82.9 Å². The summed E-state index contributed by atoms with van der Waals surface area (Å²) < 4.78 is 32.1. The minimum absolute atomic E-state index is 0.202. The predicted octanol–water partition coefficient (Wildman–Crippen LogP) is 3.56. The molecule has 30 heavy (non-hydrogen) atoms. The van der Waals surface area contributed by atoms with Crippen LogP contribution >= 0.6 is 0 Å². The highest BCUT2D eigenvalue weighted by Gasteiger charge is 2.18. The highest BCUT2D eigenvalue weighted by Crippen LogP contribution is 2.37. The highest BCUT2D eigenvalue weighted by atomic mass is 32.2. The number of rotatable bonds is 6. The average Bonchev–Trinajstić information content (AvgIpc) is 3.06. The summed E-state index contributed by atoms with van der Waals surface area (Å²) in [5.74, 6) is 0.575. The Bertz CT molecular complexity index is 1370. The van der Waals surface area contributed by atoms with Crippen molar-refractivity contribution in [1.29, 1.82) is 0 Å². The van der Waals surface area contributed by atoms with Crippen LogP contribution in [0.2, 0.25) is 0 Å². The second-order valence-electron chi connectivity index (χ2n) is 7.24. The summed E-state index contributed by atoms with van der Waals surface area (Å²) in [5, 5.41) is 0.736. The highest BCUT2D eigenvalue weighted by molar-refractivity contribution is 7.90. The first-order valence-corrected chi connectivity index (χ1v) is 11.4. The summed E-state index contributed by atoms with van der Waals surface area (Å²) in [6.07, 6.45) is 5.31. The summed E-state index contributed by atoms with van der Waals surface area (Å²) in [6.45, 7) is 0.445. The topological polar surface area (TPSA) is 81.2 Å². The second-order valence-corrected chi connectivity index (χ2v) is 9.25. The number of H-pyrrole nitrogens is 1. The standard InChI is InChI=1S/C23H22N2O4S/c1-25-15-20(18-10-12-24-23(26)22(18)25)19-14-17(30(2,27)28)8-9-21(19)29-13-11-16-6-4-3-5-7-16/h3-10,12,14-15H,11,13H2,1-2H3,(H,24,26). The van der Waals surface area contributed by atoms with Gasteiger partial charge in [0.05, 0.1) is 11.5 Å². The number of fused-ring (bicyclic) bond motifs is 1. The van der Waals surface area contributed by atoms with Crippen LogP contribution in [0.4, 0.5) is 0 Å². The molecule has 154 valence electrons. The van der Waals surface area contributed by atoms with Gasteiger partial charge in [0.15, 0.2) is 9.84 Å². The molecule has 0 atom stereocenters. The Labute approximate surface area is 174 Å². The number of sulfone groups is 1. The Kier molecular flexibility index (Phi) is 5.22. The molecule has 7 heteroatoms. The van der Waals surface area contributed by atoms with Crippen LogP contribution in [-0.4, -0.2) is 30.8 Å². The lowest BCUT2D eigenvalue weighted by molar-refractivity contribution is 0.323. The molecule has 0 amide bonds. The summed E-state index contributed by atoms with van der Waals surface area (Å²) in [4.78, 5) is 15.2. The SMILES string of the molecule is Cn1cc(-c2cc(S(C)(=O)=O)ccc2OCCc2ccccc2)c2cc[nH]c(=O)c21. The number of hydrogen-bond donors (Lipinski definition) is 1. The zero-order valence-corrected chi connectivity index (χ0v) is 17.6. The van der Waals surface area contributed by atoms with Gasteiger partial charge < -0.3 is 14.3 Å². The van der Waals surface area contributed by atoms with E-state index in [0.717, 1.165) is 22.9 Å². The zero-order chi connectivity index (χ0) is 21.3. The van der Waals surface area contributed by atoms with Gasteiger partial charge in [0.25, 0.3) is 5.56 Å². The van der Waals surface area contributed by atoms with E-state index in [4.69, 9.17) is 4.74 Å². The summed E-state index contributed by atoms with van der Waals surface area (Å²) in [6, 6.07) is 16.7. The molecule has 0 unspecified atom stereocenters. The van der Waals surface area contributed by atoms with Crippen molar-refractivity contribution in [2.75, 3.05) is 12.9 Å². The Morgan fingerprint density at radius 3 is 2.53 bits per heavy atom. The number of aromatic nitrogens is 2. The second kappa shape index (κ2) is 7.84. The van der Waals surface area contributed by atoms with E-state index in [1.807, 2.05) is 42.6 Å². The molecule has 0 saturated carbocycles. The molecule has 0 spiro atoms. The van der Waals surface area contributed by atoms with E-state index in [2.05, 4.69) is 4.98 Å². The third kappa shape index (κ3) is 3.89. The fourth-order valence-electron chi connectivity index (χ4n) is 3.58. The summed E-state index contributed by atoms with van der Waals surface area (Å²) in [7, 11) is -1.61. The van der Waals surface area contributed by atoms with Crippen molar-refractivity contribution < 1.29 is 13.2 Å². The van der Waals surface area contributed by atoms with E-state index in [1.54, 1.807) is 36.0 Å². The van der Waals surface area contributed by atoms with Crippen LogP contribution in [0, 0.1) is 0 Å². The van der Waals surface area contributed by atoms with Gasteiger partial charge in [-0.3, -0.25) is 4.79 Å². The monoisotopic (exact) mass is 422 g/mol. The Balaban J connectivity index is 1.79. The summed E-state index contributed by atoms with van der Waals surface area (Å²) >= 11 is 0. The van der Waals surface area contributed by atoms with E-state index >= 15 is 0 Å². The predicted molar refractivity (Wildman–Crippen MR) is 118 cm³/mol. The molecule has 0 fully saturated rings. The van der Waals surface area contributed by atoms with Gasteiger partial charge in [0.2, 0.25) is 0 Å². The Morgan fingerprint density at radius 2 is 1.80 bits per heavy atom. The van der Waals surface area contributed by atoms with Crippen LogP contribution in [0.25, 0.3) is 22.0 Å². The molecule has 0 aliphatic rings. The van der Waals surface area contributed by atoms with Gasteiger partial charge in [0, 0.05) is 48.6 Å². The van der Waals surface area contributed by atoms with Crippen LogP contribution in [0.15, 0.2) is 76.7 Å². The molecule has 4 rings (SSSR count). The lowest BCUT2D eigenvalue weighted by Gasteiger charge is -2.13. The summed E-state index contributed by atoms with van der Waals surface area (Å²) in [5.41, 5.74) is 2.86. The Morgan fingerprint density at radius 1 is 1.03 bits per heavy atom. The number of nitrogens with zero attached hydrogens (tertiary/aromatic N) is 1. The molecule has 2 aromatic heterocycles. The van der Waals surface area contributed by atoms with Crippen LogP contribution < -0.4 is 10.3 Å². The molecule has 0 bridgehead atoms. The van der Waals surface area contributed by atoms with Gasteiger partial charge >= 0.3 is 0 Å². The molecule has 0 radical (unpaired) electrons. The van der Waals surface area contributed by atoms with Crippen molar-refractivity contribution in [3.63, 3.8) is 0 Å². The fraction of sp³-hybridized carbons (Fsp3) is 0.174. The molecular weight excluding hydrogens is 400 g/mol. The molecule has 2 aromatic carbocycles. The van der Waals surface area contributed by atoms with E-state index in [1.165, 1.54) is 6.26 Å². The number of pyridine rings is 1. The molecule has 1 N–H and O–H groups in total. The minimum Gasteiger partial charge on any atom is -0.493 e. The van der Waals surface area contributed by atoms with Crippen molar-refractivity contribution in [2.24, 2.45) is 7.05 Å². The largest absolute Gasteiger partial charge is 0.493 e. The number of aryl methyl sites for hydroxylation is 1. The lowest BCUT2D eigenvalue weighted by atomic mass is 10.0. The molecule has 0 aliphatic heterocycles. The maximum Gasteiger partial charge on any atom is 0.272 e. The van der Waals surface area contributed by atoms with Crippen molar-refractivity contribution in [3.8, 4) is 16.9 Å². The lowest BCUT2D eigenvalue weighted by Crippen LogP contribution is -2.07.